The Morgan fingerprint density at radius 2 is 1.96 bits per heavy atom. The molecule has 0 aliphatic carbocycles. The van der Waals surface area contributed by atoms with E-state index in [4.69, 9.17) is 0 Å². The number of hydrogen-bond donors (Lipinski definition) is 2. The molecule has 0 spiro atoms. The Balaban J connectivity index is 1.65. The zero-order chi connectivity index (χ0) is 18.4. The van der Waals surface area contributed by atoms with Gasteiger partial charge in [0.05, 0.1) is 5.56 Å². The van der Waals surface area contributed by atoms with Gasteiger partial charge < -0.3 is 15.5 Å². The largest absolute Gasteiger partial charge is 0.357 e. The second-order valence-corrected chi connectivity index (χ2v) is 6.97. The van der Waals surface area contributed by atoms with Gasteiger partial charge in [-0.2, -0.15) is 0 Å². The van der Waals surface area contributed by atoms with Crippen LogP contribution in [0.2, 0.25) is 0 Å². The van der Waals surface area contributed by atoms with E-state index in [2.05, 4.69) is 34.4 Å². The molecule has 1 saturated heterocycles. The third-order valence-corrected chi connectivity index (χ3v) is 4.95. The number of para-hydroxylation sites is 1. The van der Waals surface area contributed by atoms with Crippen molar-refractivity contribution in [2.24, 2.45) is 5.92 Å². The van der Waals surface area contributed by atoms with Crippen molar-refractivity contribution >= 4 is 17.4 Å². The number of carbonyl (C=O) groups excluding carboxylic acids is 1. The van der Waals surface area contributed by atoms with Crippen LogP contribution in [0.1, 0.15) is 42.6 Å². The maximum atomic E-state index is 12.6. The molecule has 2 heterocycles. The molecule has 138 valence electrons. The summed E-state index contributed by atoms with van der Waals surface area (Å²) in [6.07, 6.45) is 4.08. The molecule has 1 fully saturated rings. The fourth-order valence-electron chi connectivity index (χ4n) is 3.20. The predicted molar refractivity (Wildman–Crippen MR) is 107 cm³/mol. The fraction of sp³-hybridized carbons (Fsp3) is 0.429. The number of piperidine rings is 1. The lowest BCUT2D eigenvalue weighted by Crippen LogP contribution is -2.33. The van der Waals surface area contributed by atoms with Crippen molar-refractivity contribution in [3.8, 4) is 0 Å². The minimum Gasteiger partial charge on any atom is -0.357 e. The zero-order valence-corrected chi connectivity index (χ0v) is 15.7. The van der Waals surface area contributed by atoms with Crippen molar-refractivity contribution in [2.75, 3.05) is 29.9 Å². The average Bonchev–Trinajstić information content (AvgIpc) is 2.68. The van der Waals surface area contributed by atoms with E-state index in [1.165, 1.54) is 12.8 Å². The van der Waals surface area contributed by atoms with Gasteiger partial charge in [-0.3, -0.25) is 4.79 Å². The summed E-state index contributed by atoms with van der Waals surface area (Å²) < 4.78 is 0. The van der Waals surface area contributed by atoms with Gasteiger partial charge in [0.15, 0.2) is 0 Å². The summed E-state index contributed by atoms with van der Waals surface area (Å²) in [5.41, 5.74) is 2.50. The molecule has 5 nitrogen and oxygen atoms in total. The number of amides is 1. The van der Waals surface area contributed by atoms with E-state index in [1.807, 2.05) is 36.4 Å². The molecule has 1 aromatic heterocycles. The lowest BCUT2D eigenvalue weighted by Gasteiger charge is -2.31. The molecule has 2 N–H and O–H groups in total. The molecular formula is C21H28N4O. The van der Waals surface area contributed by atoms with E-state index in [-0.39, 0.29) is 5.91 Å². The molecule has 0 saturated carbocycles. The van der Waals surface area contributed by atoms with E-state index in [9.17, 15) is 4.79 Å². The molecule has 0 unspecified atom stereocenters. The van der Waals surface area contributed by atoms with E-state index in [0.717, 1.165) is 49.2 Å². The summed E-state index contributed by atoms with van der Waals surface area (Å²) in [5, 5.41) is 6.30. The number of benzene rings is 1. The number of carbonyl (C=O) groups is 1. The molecule has 0 bridgehead atoms. The Morgan fingerprint density at radius 3 is 2.65 bits per heavy atom. The first-order chi connectivity index (χ1) is 12.7. The van der Waals surface area contributed by atoms with Crippen LogP contribution in [0.15, 0.2) is 42.6 Å². The molecule has 3 rings (SSSR count). The number of nitrogens with zero attached hydrogens (tertiary/aromatic N) is 2. The minimum absolute atomic E-state index is 0.125. The average molecular weight is 352 g/mol. The smallest absolute Gasteiger partial charge is 0.257 e. The molecule has 2 aromatic rings. The Bertz CT molecular complexity index is 721. The van der Waals surface area contributed by atoms with Crippen molar-refractivity contribution in [3.63, 3.8) is 0 Å². The number of nitrogens with one attached hydrogen (secondary N) is 2. The van der Waals surface area contributed by atoms with E-state index in [0.29, 0.717) is 5.56 Å². The Morgan fingerprint density at radius 1 is 1.19 bits per heavy atom. The van der Waals surface area contributed by atoms with Gasteiger partial charge in [0, 0.05) is 31.5 Å². The van der Waals surface area contributed by atoms with Crippen LogP contribution >= 0.6 is 0 Å². The van der Waals surface area contributed by atoms with Gasteiger partial charge in [0.1, 0.15) is 5.82 Å². The van der Waals surface area contributed by atoms with Crippen LogP contribution in [0.25, 0.3) is 0 Å². The van der Waals surface area contributed by atoms with Crippen molar-refractivity contribution in [2.45, 2.75) is 33.2 Å². The summed E-state index contributed by atoms with van der Waals surface area (Å²) in [6, 6.07) is 11.7. The topological polar surface area (TPSA) is 57.3 Å². The van der Waals surface area contributed by atoms with Crippen LogP contribution in [-0.4, -0.2) is 30.5 Å². The lowest BCUT2D eigenvalue weighted by molar-refractivity contribution is 0.102. The van der Waals surface area contributed by atoms with Crippen molar-refractivity contribution in [1.29, 1.82) is 0 Å². The predicted octanol–water partition coefficient (Wildman–Crippen LogP) is 3.68. The number of rotatable bonds is 6. The second kappa shape index (κ2) is 8.81. The first kappa shape index (κ1) is 18.4. The molecule has 1 aliphatic heterocycles. The van der Waals surface area contributed by atoms with Gasteiger partial charge in [-0.25, -0.2) is 4.98 Å². The molecule has 1 aliphatic rings. The van der Waals surface area contributed by atoms with E-state index < -0.39 is 0 Å². The van der Waals surface area contributed by atoms with Crippen LogP contribution in [0.3, 0.4) is 0 Å². The number of anilines is 2. The normalized spacial score (nSPS) is 15.1. The van der Waals surface area contributed by atoms with Gasteiger partial charge in [-0.1, -0.05) is 32.0 Å². The van der Waals surface area contributed by atoms with Crippen LogP contribution in [0.5, 0.6) is 0 Å². The maximum Gasteiger partial charge on any atom is 0.257 e. The molecule has 0 atom stereocenters. The lowest BCUT2D eigenvalue weighted by atomic mass is 9.99. The summed E-state index contributed by atoms with van der Waals surface area (Å²) in [4.78, 5) is 19.4. The van der Waals surface area contributed by atoms with Gasteiger partial charge in [-0.15, -0.1) is 0 Å². The number of hydrogen-bond acceptors (Lipinski definition) is 4. The van der Waals surface area contributed by atoms with Gasteiger partial charge in [0.25, 0.3) is 5.91 Å². The highest BCUT2D eigenvalue weighted by molar-refractivity contribution is 6.04. The van der Waals surface area contributed by atoms with Crippen molar-refractivity contribution < 1.29 is 4.79 Å². The molecule has 5 heteroatoms. The molecule has 26 heavy (non-hydrogen) atoms. The third kappa shape index (κ3) is 4.61. The first-order valence-electron chi connectivity index (χ1n) is 9.48. The van der Waals surface area contributed by atoms with Gasteiger partial charge in [-0.05, 0) is 49.1 Å². The fourth-order valence-corrected chi connectivity index (χ4v) is 3.20. The van der Waals surface area contributed by atoms with Crippen molar-refractivity contribution in [1.82, 2.24) is 10.3 Å². The molecular weight excluding hydrogens is 324 g/mol. The monoisotopic (exact) mass is 352 g/mol. The summed E-state index contributed by atoms with van der Waals surface area (Å²) in [6.45, 7) is 8.07. The SMILES string of the molecule is CCNCc1ccccc1NC(=O)c1ccc(N2CCC(C)CC2)nc1. The van der Waals surface area contributed by atoms with Crippen molar-refractivity contribution in [3.05, 3.63) is 53.7 Å². The standard InChI is InChI=1S/C21H28N4O/c1-3-22-14-17-6-4-5-7-19(17)24-21(26)18-8-9-20(23-15-18)25-12-10-16(2)11-13-25/h4-9,15-16,22H,3,10-14H2,1-2H3,(H,24,26). The van der Waals surface area contributed by atoms with E-state index >= 15 is 0 Å². The van der Waals surface area contributed by atoms with Gasteiger partial charge in [0.2, 0.25) is 0 Å². The molecule has 1 amide bonds. The summed E-state index contributed by atoms with van der Waals surface area (Å²) >= 11 is 0. The molecule has 0 radical (unpaired) electrons. The zero-order valence-electron chi connectivity index (χ0n) is 15.7. The van der Waals surface area contributed by atoms with Crippen LogP contribution in [0.4, 0.5) is 11.5 Å². The van der Waals surface area contributed by atoms with Crippen LogP contribution in [-0.2, 0) is 6.54 Å². The molecule has 1 aromatic carbocycles. The van der Waals surface area contributed by atoms with Crippen LogP contribution in [0, 0.1) is 5.92 Å². The highest BCUT2D eigenvalue weighted by Crippen LogP contribution is 2.22. The summed E-state index contributed by atoms with van der Waals surface area (Å²) in [7, 11) is 0. The third-order valence-electron chi connectivity index (χ3n) is 4.95. The highest BCUT2D eigenvalue weighted by Gasteiger charge is 2.17. The quantitative estimate of drug-likeness (QED) is 0.833. The van der Waals surface area contributed by atoms with Gasteiger partial charge >= 0.3 is 0 Å². The van der Waals surface area contributed by atoms with E-state index in [1.54, 1.807) is 6.20 Å². The highest BCUT2D eigenvalue weighted by atomic mass is 16.1. The minimum atomic E-state index is -0.125. The van der Waals surface area contributed by atoms with Crippen LogP contribution < -0.4 is 15.5 Å². The maximum absolute atomic E-state index is 12.6. The Kier molecular flexibility index (Phi) is 6.23. The number of aromatic nitrogens is 1. The number of pyridine rings is 1. The Hall–Kier alpha value is -2.40. The first-order valence-corrected chi connectivity index (χ1v) is 9.48. The summed E-state index contributed by atoms with van der Waals surface area (Å²) in [5.74, 6) is 1.62. The Labute approximate surface area is 155 Å². The second-order valence-electron chi connectivity index (χ2n) is 6.97.